The van der Waals surface area contributed by atoms with Crippen LogP contribution in [0.25, 0.3) is 0 Å². The van der Waals surface area contributed by atoms with E-state index >= 15 is 0 Å². The molecule has 2 fully saturated rings. The van der Waals surface area contributed by atoms with Crippen LogP contribution < -0.4 is 5.14 Å². The largest absolute Gasteiger partial charge is 0.378 e. The topological polar surface area (TPSA) is 61.6 Å². The molecule has 0 spiro atoms. The Kier molecular flexibility index (Phi) is 2.45. The Morgan fingerprint density at radius 3 is 3.00 bits per heavy atom. The molecular weight excluding hydrogens is 178 g/mol. The quantitative estimate of drug-likeness (QED) is 0.634. The Morgan fingerprint density at radius 2 is 2.33 bits per heavy atom. The highest BCUT2D eigenvalue weighted by molar-refractivity contribution is 7.82. The molecule has 0 aromatic rings. The molecule has 0 aliphatic carbocycles. The summed E-state index contributed by atoms with van der Waals surface area (Å²) in [5, 5.41) is 5.18. The summed E-state index contributed by atoms with van der Waals surface area (Å²) in [7, 11) is -1.23. The van der Waals surface area contributed by atoms with E-state index in [0.29, 0.717) is 18.3 Å². The fraction of sp³-hybridized carbons (Fsp3) is 1.00. The summed E-state index contributed by atoms with van der Waals surface area (Å²) in [6.07, 6.45) is 1.28. The molecule has 0 saturated carbocycles. The van der Waals surface area contributed by atoms with E-state index < -0.39 is 11.0 Å². The van der Waals surface area contributed by atoms with Gasteiger partial charge < -0.3 is 9.47 Å². The van der Waals surface area contributed by atoms with E-state index in [0.717, 1.165) is 13.0 Å². The van der Waals surface area contributed by atoms with Crippen LogP contribution in [0.2, 0.25) is 0 Å². The molecule has 0 aromatic carbocycles. The van der Waals surface area contributed by atoms with Crippen molar-refractivity contribution in [3.63, 3.8) is 0 Å². The second-order valence-electron chi connectivity index (χ2n) is 3.38. The van der Waals surface area contributed by atoms with Gasteiger partial charge in [-0.05, 0) is 6.42 Å². The van der Waals surface area contributed by atoms with Crippen LogP contribution in [0.5, 0.6) is 0 Å². The van der Waals surface area contributed by atoms with Gasteiger partial charge in [-0.25, -0.2) is 4.21 Å². The molecule has 0 bridgehead atoms. The highest BCUT2D eigenvalue weighted by atomic mass is 32.2. The Morgan fingerprint density at radius 1 is 1.50 bits per heavy atom. The summed E-state index contributed by atoms with van der Waals surface area (Å²) in [4.78, 5) is 0. The van der Waals surface area contributed by atoms with Crippen molar-refractivity contribution in [3.8, 4) is 0 Å². The second kappa shape index (κ2) is 3.41. The van der Waals surface area contributed by atoms with Gasteiger partial charge in [-0.1, -0.05) is 0 Å². The first-order valence-corrected chi connectivity index (χ1v) is 5.50. The number of fused-ring (bicyclic) bond motifs is 1. The molecule has 2 rings (SSSR count). The maximum Gasteiger partial charge on any atom is 0.0914 e. The van der Waals surface area contributed by atoms with Crippen molar-refractivity contribution in [2.45, 2.75) is 18.6 Å². The molecule has 12 heavy (non-hydrogen) atoms. The van der Waals surface area contributed by atoms with Crippen LogP contribution in [-0.2, 0) is 20.5 Å². The zero-order valence-electron chi connectivity index (χ0n) is 6.77. The van der Waals surface area contributed by atoms with Gasteiger partial charge in [0.25, 0.3) is 0 Å². The van der Waals surface area contributed by atoms with Gasteiger partial charge in [0, 0.05) is 5.92 Å². The van der Waals surface area contributed by atoms with Crippen molar-refractivity contribution >= 4 is 11.0 Å². The molecule has 2 aliphatic heterocycles. The fourth-order valence-corrected chi connectivity index (χ4v) is 2.46. The Bertz CT molecular complexity index is 187. The van der Waals surface area contributed by atoms with Gasteiger partial charge in [-0.3, -0.25) is 5.14 Å². The molecule has 0 aromatic heterocycles. The van der Waals surface area contributed by atoms with E-state index in [1.54, 1.807) is 0 Å². The van der Waals surface area contributed by atoms with Gasteiger partial charge in [0.05, 0.1) is 42.2 Å². The summed E-state index contributed by atoms with van der Waals surface area (Å²) in [5.41, 5.74) is 0. The standard InChI is InChI=1S/C7H13NO3S/c8-12(9)4-6-1-5-2-10-3-7(5)11-6/h5-7H,1-4,8H2/t5-,6-,7-,12?/m0/s1. The maximum atomic E-state index is 10.7. The zero-order chi connectivity index (χ0) is 8.55. The molecule has 4 atom stereocenters. The first-order chi connectivity index (χ1) is 5.75. The van der Waals surface area contributed by atoms with E-state index in [1.807, 2.05) is 0 Å². The second-order valence-corrected chi connectivity index (χ2v) is 4.47. The molecule has 2 aliphatic rings. The Balaban J connectivity index is 1.86. The number of rotatable bonds is 2. The Labute approximate surface area is 74.0 Å². The van der Waals surface area contributed by atoms with E-state index in [9.17, 15) is 4.21 Å². The monoisotopic (exact) mass is 191 g/mol. The van der Waals surface area contributed by atoms with Crippen LogP contribution in [0, 0.1) is 5.92 Å². The van der Waals surface area contributed by atoms with E-state index in [-0.39, 0.29) is 12.2 Å². The van der Waals surface area contributed by atoms with Crippen LogP contribution in [0.3, 0.4) is 0 Å². The molecule has 2 saturated heterocycles. The SMILES string of the molecule is NS(=O)C[C@@H]1C[C@H]2COC[C@@H]2O1. The molecule has 2 heterocycles. The molecular formula is C7H13NO3S. The van der Waals surface area contributed by atoms with Crippen LogP contribution >= 0.6 is 0 Å². The van der Waals surface area contributed by atoms with Crippen LogP contribution in [-0.4, -0.2) is 35.4 Å². The molecule has 1 unspecified atom stereocenters. The molecule has 2 N–H and O–H groups in total. The first kappa shape index (κ1) is 8.62. The van der Waals surface area contributed by atoms with E-state index in [2.05, 4.69) is 0 Å². The highest BCUT2D eigenvalue weighted by Crippen LogP contribution is 2.31. The van der Waals surface area contributed by atoms with Crippen molar-refractivity contribution in [2.75, 3.05) is 19.0 Å². The van der Waals surface area contributed by atoms with Gasteiger partial charge in [-0.2, -0.15) is 0 Å². The first-order valence-electron chi connectivity index (χ1n) is 4.11. The van der Waals surface area contributed by atoms with Gasteiger partial charge in [0.1, 0.15) is 0 Å². The van der Waals surface area contributed by atoms with Gasteiger partial charge in [-0.15, -0.1) is 0 Å². The highest BCUT2D eigenvalue weighted by Gasteiger charge is 2.39. The van der Waals surface area contributed by atoms with Gasteiger partial charge in [0.2, 0.25) is 0 Å². The fourth-order valence-electron chi connectivity index (χ4n) is 1.88. The van der Waals surface area contributed by atoms with Crippen molar-refractivity contribution in [3.05, 3.63) is 0 Å². The molecule has 4 nitrogen and oxygen atoms in total. The zero-order valence-corrected chi connectivity index (χ0v) is 7.59. The summed E-state index contributed by atoms with van der Waals surface area (Å²) in [6, 6.07) is 0. The number of ether oxygens (including phenoxy) is 2. The minimum Gasteiger partial charge on any atom is -0.378 e. The molecule has 70 valence electrons. The normalized spacial score (nSPS) is 42.9. The molecule has 0 amide bonds. The summed E-state index contributed by atoms with van der Waals surface area (Å²) >= 11 is 0. The van der Waals surface area contributed by atoms with Crippen LogP contribution in [0.1, 0.15) is 6.42 Å². The molecule has 5 heteroatoms. The maximum absolute atomic E-state index is 10.7. The van der Waals surface area contributed by atoms with E-state index in [1.165, 1.54) is 0 Å². The summed E-state index contributed by atoms with van der Waals surface area (Å²) in [5.74, 6) is 0.978. The third-order valence-electron chi connectivity index (χ3n) is 2.42. The lowest BCUT2D eigenvalue weighted by molar-refractivity contribution is 0.0303. The predicted molar refractivity (Wildman–Crippen MR) is 44.8 cm³/mol. The third-order valence-corrected chi connectivity index (χ3v) is 3.12. The lowest BCUT2D eigenvalue weighted by Gasteiger charge is -2.09. The minimum atomic E-state index is -1.23. The van der Waals surface area contributed by atoms with Gasteiger partial charge in [0.15, 0.2) is 0 Å². The lowest BCUT2D eigenvalue weighted by atomic mass is 10.0. The van der Waals surface area contributed by atoms with Crippen LogP contribution in [0.4, 0.5) is 0 Å². The van der Waals surface area contributed by atoms with Crippen molar-refractivity contribution in [2.24, 2.45) is 11.1 Å². The van der Waals surface area contributed by atoms with Crippen LogP contribution in [0.15, 0.2) is 0 Å². The molecule has 0 radical (unpaired) electrons. The van der Waals surface area contributed by atoms with Crippen molar-refractivity contribution in [1.29, 1.82) is 0 Å². The summed E-state index contributed by atoms with van der Waals surface area (Å²) < 4.78 is 21.5. The average Bonchev–Trinajstić information content (AvgIpc) is 2.43. The average molecular weight is 191 g/mol. The smallest absolute Gasteiger partial charge is 0.0914 e. The van der Waals surface area contributed by atoms with Crippen molar-refractivity contribution in [1.82, 2.24) is 0 Å². The lowest BCUT2D eigenvalue weighted by Crippen LogP contribution is -2.22. The predicted octanol–water partition coefficient (Wildman–Crippen LogP) is -0.587. The van der Waals surface area contributed by atoms with Crippen molar-refractivity contribution < 1.29 is 13.7 Å². The number of hydrogen-bond acceptors (Lipinski definition) is 3. The Hall–Kier alpha value is 0.0300. The number of hydrogen-bond donors (Lipinski definition) is 1. The van der Waals surface area contributed by atoms with E-state index in [4.69, 9.17) is 14.6 Å². The number of nitrogens with two attached hydrogens (primary N) is 1. The summed E-state index contributed by atoms with van der Waals surface area (Å²) in [6.45, 7) is 1.48. The van der Waals surface area contributed by atoms with Gasteiger partial charge >= 0.3 is 0 Å². The minimum absolute atomic E-state index is 0.0923. The third kappa shape index (κ3) is 1.69.